The average Bonchev–Trinajstić information content (AvgIpc) is 2.77. The highest BCUT2D eigenvalue weighted by atomic mass is 16.5. The van der Waals surface area contributed by atoms with Crippen LogP contribution in [0.3, 0.4) is 0 Å². The van der Waals surface area contributed by atoms with E-state index in [1.165, 1.54) is 0 Å². The van der Waals surface area contributed by atoms with Crippen LogP contribution in [0.4, 0.5) is 10.5 Å². The first-order valence-electron chi connectivity index (χ1n) is 11.0. The molecule has 2 aromatic rings. The van der Waals surface area contributed by atoms with Crippen LogP contribution >= 0.6 is 0 Å². The maximum atomic E-state index is 13.1. The molecule has 0 aliphatic carbocycles. The lowest BCUT2D eigenvalue weighted by Gasteiger charge is -2.30. The van der Waals surface area contributed by atoms with Gasteiger partial charge in [-0.15, -0.1) is 0 Å². The van der Waals surface area contributed by atoms with Crippen molar-refractivity contribution in [3.05, 3.63) is 54.1 Å². The summed E-state index contributed by atoms with van der Waals surface area (Å²) in [6.45, 7) is 7.45. The molecular weight excluding hydrogens is 392 g/mol. The van der Waals surface area contributed by atoms with Crippen molar-refractivity contribution in [2.24, 2.45) is 5.92 Å². The number of carbonyl (C=O) groups is 1. The smallest absolute Gasteiger partial charge is 0.322 e. The van der Waals surface area contributed by atoms with Gasteiger partial charge in [0.1, 0.15) is 0 Å². The third-order valence-electron chi connectivity index (χ3n) is 5.17. The Balaban J connectivity index is 2.11. The molecule has 0 spiro atoms. The lowest BCUT2D eigenvalue weighted by molar-refractivity contribution is 0.182. The fourth-order valence-electron chi connectivity index (χ4n) is 3.36. The molecule has 0 heterocycles. The van der Waals surface area contributed by atoms with E-state index in [4.69, 9.17) is 9.47 Å². The van der Waals surface area contributed by atoms with Crippen molar-refractivity contribution >= 4 is 11.7 Å². The molecule has 0 unspecified atom stereocenters. The third kappa shape index (κ3) is 7.79. The minimum Gasteiger partial charge on any atom is -0.493 e. The Morgan fingerprint density at radius 3 is 2.45 bits per heavy atom. The number of anilines is 1. The molecule has 2 amide bonds. The summed E-state index contributed by atoms with van der Waals surface area (Å²) in [5, 5.41) is 12.3. The first-order valence-corrected chi connectivity index (χ1v) is 11.0. The standard InChI is InChI=1S/C25H36N2O4/c1-19(2)10-8-17-31-24-18-22(13-14-23(24)30-4)26-25(29)27(15-9-16-28)20(3)21-11-6-5-7-12-21/h5-7,11-14,18-20,28H,8-10,15-17H2,1-4H3,(H,26,29)/t20-/m0/s1. The molecule has 0 saturated heterocycles. The van der Waals surface area contributed by atoms with Gasteiger partial charge in [0.05, 0.1) is 19.8 Å². The van der Waals surface area contributed by atoms with Crippen molar-refractivity contribution in [1.29, 1.82) is 0 Å². The number of hydrogen-bond donors (Lipinski definition) is 2. The van der Waals surface area contributed by atoms with Crippen molar-refractivity contribution in [2.45, 2.75) is 46.1 Å². The topological polar surface area (TPSA) is 71.0 Å². The summed E-state index contributed by atoms with van der Waals surface area (Å²) in [4.78, 5) is 14.8. The summed E-state index contributed by atoms with van der Waals surface area (Å²) in [5.74, 6) is 1.88. The summed E-state index contributed by atoms with van der Waals surface area (Å²) in [6.07, 6.45) is 2.56. The number of nitrogens with zero attached hydrogens (tertiary/aromatic N) is 1. The number of ether oxygens (including phenoxy) is 2. The maximum Gasteiger partial charge on any atom is 0.322 e. The van der Waals surface area contributed by atoms with Gasteiger partial charge in [-0.25, -0.2) is 4.79 Å². The second-order valence-corrected chi connectivity index (χ2v) is 8.04. The van der Waals surface area contributed by atoms with Crippen LogP contribution in [-0.4, -0.2) is 42.9 Å². The number of hydrogen-bond acceptors (Lipinski definition) is 4. The molecule has 170 valence electrons. The van der Waals surface area contributed by atoms with Gasteiger partial charge in [-0.2, -0.15) is 0 Å². The van der Waals surface area contributed by atoms with Crippen LogP contribution in [0.15, 0.2) is 48.5 Å². The molecule has 2 N–H and O–H groups in total. The molecule has 0 aromatic heterocycles. The van der Waals surface area contributed by atoms with Gasteiger partial charge in [-0.3, -0.25) is 0 Å². The Labute approximate surface area is 186 Å². The van der Waals surface area contributed by atoms with E-state index in [2.05, 4.69) is 19.2 Å². The molecule has 0 aliphatic heterocycles. The zero-order valence-corrected chi connectivity index (χ0v) is 19.1. The van der Waals surface area contributed by atoms with Crippen molar-refractivity contribution in [3.63, 3.8) is 0 Å². The third-order valence-corrected chi connectivity index (χ3v) is 5.17. The predicted molar refractivity (Wildman–Crippen MR) is 125 cm³/mol. The first kappa shape index (κ1) is 24.5. The van der Waals surface area contributed by atoms with E-state index in [0.29, 0.717) is 42.7 Å². The van der Waals surface area contributed by atoms with Crippen LogP contribution in [0.5, 0.6) is 11.5 Å². The van der Waals surface area contributed by atoms with Gasteiger partial charge < -0.3 is 24.8 Å². The lowest BCUT2D eigenvalue weighted by Crippen LogP contribution is -2.38. The van der Waals surface area contributed by atoms with Crippen LogP contribution in [0, 0.1) is 5.92 Å². The van der Waals surface area contributed by atoms with E-state index >= 15 is 0 Å². The van der Waals surface area contributed by atoms with Gasteiger partial charge in [-0.05, 0) is 49.8 Å². The van der Waals surface area contributed by atoms with Crippen molar-refractivity contribution < 1.29 is 19.4 Å². The van der Waals surface area contributed by atoms with E-state index in [1.807, 2.05) is 37.3 Å². The summed E-state index contributed by atoms with van der Waals surface area (Å²) >= 11 is 0. The highest BCUT2D eigenvalue weighted by Gasteiger charge is 2.21. The van der Waals surface area contributed by atoms with Crippen molar-refractivity contribution in [3.8, 4) is 11.5 Å². The Bertz CT molecular complexity index is 795. The number of carbonyl (C=O) groups excluding carboxylic acids is 1. The molecule has 0 saturated carbocycles. The second kappa shape index (κ2) is 12.8. The molecule has 1 atom stereocenters. The van der Waals surface area contributed by atoms with Crippen LogP contribution in [0.25, 0.3) is 0 Å². The van der Waals surface area contributed by atoms with Crippen LogP contribution in [0.1, 0.15) is 51.6 Å². The van der Waals surface area contributed by atoms with E-state index in [9.17, 15) is 9.90 Å². The normalized spacial score (nSPS) is 11.8. The second-order valence-electron chi connectivity index (χ2n) is 8.04. The molecule has 2 rings (SSSR count). The summed E-state index contributed by atoms with van der Waals surface area (Å²) in [7, 11) is 1.60. The van der Waals surface area contributed by atoms with Gasteiger partial charge in [-0.1, -0.05) is 44.2 Å². The van der Waals surface area contributed by atoms with Gasteiger partial charge in [0.2, 0.25) is 0 Å². The zero-order chi connectivity index (χ0) is 22.6. The zero-order valence-electron chi connectivity index (χ0n) is 19.1. The van der Waals surface area contributed by atoms with Crippen LogP contribution < -0.4 is 14.8 Å². The summed E-state index contributed by atoms with van der Waals surface area (Å²) in [5.41, 5.74) is 1.68. The molecular formula is C25H36N2O4. The highest BCUT2D eigenvalue weighted by molar-refractivity contribution is 5.90. The fourth-order valence-corrected chi connectivity index (χ4v) is 3.36. The number of aliphatic hydroxyl groups excluding tert-OH is 1. The van der Waals surface area contributed by atoms with Gasteiger partial charge in [0, 0.05) is 24.9 Å². The molecule has 0 aliphatic rings. The summed E-state index contributed by atoms with van der Waals surface area (Å²) in [6, 6.07) is 14.9. The van der Waals surface area contributed by atoms with Crippen LogP contribution in [0.2, 0.25) is 0 Å². The Morgan fingerprint density at radius 1 is 1.06 bits per heavy atom. The minimum atomic E-state index is -0.222. The Kier molecular flexibility index (Phi) is 10.2. The van der Waals surface area contributed by atoms with E-state index in [-0.39, 0.29) is 18.7 Å². The molecule has 6 nitrogen and oxygen atoms in total. The average molecular weight is 429 g/mol. The lowest BCUT2D eigenvalue weighted by atomic mass is 10.1. The van der Waals surface area contributed by atoms with Crippen molar-refractivity contribution in [2.75, 3.05) is 32.2 Å². The Hall–Kier alpha value is -2.73. The number of urea groups is 1. The quantitative estimate of drug-likeness (QED) is 0.439. The molecule has 6 heteroatoms. The summed E-state index contributed by atoms with van der Waals surface area (Å²) < 4.78 is 11.3. The number of benzene rings is 2. The molecule has 0 bridgehead atoms. The van der Waals surface area contributed by atoms with Gasteiger partial charge in [0.25, 0.3) is 0 Å². The fraction of sp³-hybridized carbons (Fsp3) is 0.480. The monoisotopic (exact) mass is 428 g/mol. The first-order chi connectivity index (χ1) is 15.0. The molecule has 2 aromatic carbocycles. The SMILES string of the molecule is COc1ccc(NC(=O)N(CCCO)[C@@H](C)c2ccccc2)cc1OCCCC(C)C. The molecule has 0 radical (unpaired) electrons. The molecule has 0 fully saturated rings. The van der Waals surface area contributed by atoms with Gasteiger partial charge >= 0.3 is 6.03 Å². The van der Waals surface area contributed by atoms with Crippen molar-refractivity contribution in [1.82, 2.24) is 4.90 Å². The van der Waals surface area contributed by atoms with Gasteiger partial charge in [0.15, 0.2) is 11.5 Å². The minimum absolute atomic E-state index is 0.0300. The maximum absolute atomic E-state index is 13.1. The van der Waals surface area contributed by atoms with E-state index in [1.54, 1.807) is 30.2 Å². The Morgan fingerprint density at radius 2 is 1.81 bits per heavy atom. The van der Waals surface area contributed by atoms with E-state index < -0.39 is 0 Å². The number of rotatable bonds is 12. The predicted octanol–water partition coefficient (Wildman–Crippen LogP) is 5.49. The number of aliphatic hydroxyl groups is 1. The number of methoxy groups -OCH3 is 1. The van der Waals surface area contributed by atoms with E-state index in [0.717, 1.165) is 18.4 Å². The molecule has 31 heavy (non-hydrogen) atoms. The number of nitrogens with one attached hydrogen (secondary N) is 1. The highest BCUT2D eigenvalue weighted by Crippen LogP contribution is 2.31. The largest absolute Gasteiger partial charge is 0.493 e. The number of amides is 2. The van der Waals surface area contributed by atoms with Crippen LogP contribution in [-0.2, 0) is 0 Å².